The molecule has 4 rings (SSSR count). The van der Waals surface area contributed by atoms with Crippen LogP contribution in [0.15, 0.2) is 67.0 Å². The maximum atomic E-state index is 12.8. The van der Waals surface area contributed by atoms with Crippen molar-refractivity contribution in [3.63, 3.8) is 0 Å². The second-order valence-electron chi connectivity index (χ2n) is 6.45. The number of anilines is 2. The zero-order valence-corrected chi connectivity index (χ0v) is 15.4. The molecule has 0 atom stereocenters. The average molecular weight is 373 g/mol. The Bertz CT molecular complexity index is 1030. The van der Waals surface area contributed by atoms with E-state index >= 15 is 0 Å². The van der Waals surface area contributed by atoms with Gasteiger partial charge in [0.05, 0.1) is 18.2 Å². The van der Waals surface area contributed by atoms with Crippen molar-refractivity contribution in [3.8, 4) is 5.75 Å². The van der Waals surface area contributed by atoms with Gasteiger partial charge in [-0.3, -0.25) is 14.6 Å². The molecule has 140 valence electrons. The Morgan fingerprint density at radius 3 is 2.75 bits per heavy atom. The molecule has 6 heteroatoms. The lowest BCUT2D eigenvalue weighted by molar-refractivity contribution is 0.0987. The normalized spacial score (nSPS) is 12.4. The van der Waals surface area contributed by atoms with Crippen molar-refractivity contribution < 1.29 is 14.3 Å². The molecule has 2 aromatic carbocycles. The van der Waals surface area contributed by atoms with Gasteiger partial charge in [-0.05, 0) is 48.4 Å². The molecule has 6 nitrogen and oxygen atoms in total. The zero-order chi connectivity index (χ0) is 19.5. The molecule has 1 aliphatic heterocycles. The van der Waals surface area contributed by atoms with Crippen molar-refractivity contribution in [1.82, 2.24) is 4.98 Å². The number of ether oxygens (including phenoxy) is 1. The van der Waals surface area contributed by atoms with Gasteiger partial charge in [-0.2, -0.15) is 0 Å². The summed E-state index contributed by atoms with van der Waals surface area (Å²) >= 11 is 0. The standard InChI is InChI=1S/C22H19N3O3/c1-28-20-7-3-2-6-18(20)21(26)24-17-9-8-15-10-12-25(19(15)13-17)22(27)16-5-4-11-23-14-16/h2-9,11,13-14H,10,12H2,1H3,(H,24,26). The molecule has 0 unspecified atom stereocenters. The van der Waals surface area contributed by atoms with Gasteiger partial charge in [-0.25, -0.2) is 0 Å². The third-order valence-electron chi connectivity index (χ3n) is 4.74. The van der Waals surface area contributed by atoms with Crippen LogP contribution in [0.25, 0.3) is 0 Å². The van der Waals surface area contributed by atoms with Crippen LogP contribution in [0.3, 0.4) is 0 Å². The van der Waals surface area contributed by atoms with Gasteiger partial charge in [0.15, 0.2) is 0 Å². The molecule has 0 spiro atoms. The van der Waals surface area contributed by atoms with Crippen molar-refractivity contribution >= 4 is 23.2 Å². The van der Waals surface area contributed by atoms with Crippen molar-refractivity contribution in [2.24, 2.45) is 0 Å². The summed E-state index contributed by atoms with van der Waals surface area (Å²) in [6.07, 6.45) is 3.98. The number of aromatic nitrogens is 1. The molecule has 1 aromatic heterocycles. The van der Waals surface area contributed by atoms with E-state index in [-0.39, 0.29) is 11.8 Å². The quantitative estimate of drug-likeness (QED) is 0.759. The molecule has 2 heterocycles. The molecule has 1 aliphatic rings. The summed E-state index contributed by atoms with van der Waals surface area (Å²) < 4.78 is 5.26. The predicted molar refractivity (Wildman–Crippen MR) is 107 cm³/mol. The van der Waals surface area contributed by atoms with Crippen LogP contribution >= 0.6 is 0 Å². The van der Waals surface area contributed by atoms with E-state index in [2.05, 4.69) is 10.3 Å². The molecule has 0 fully saturated rings. The first-order chi connectivity index (χ1) is 13.7. The summed E-state index contributed by atoms with van der Waals surface area (Å²) in [5, 5.41) is 2.89. The molecule has 0 saturated heterocycles. The fourth-order valence-corrected chi connectivity index (χ4v) is 3.34. The molecule has 0 radical (unpaired) electrons. The van der Waals surface area contributed by atoms with Crippen LogP contribution < -0.4 is 15.0 Å². The lowest BCUT2D eigenvalue weighted by Gasteiger charge is -2.18. The number of pyridine rings is 1. The first-order valence-corrected chi connectivity index (χ1v) is 8.96. The SMILES string of the molecule is COc1ccccc1C(=O)Nc1ccc2c(c1)N(C(=O)c1cccnc1)CC2. The summed E-state index contributed by atoms with van der Waals surface area (Å²) in [5.74, 6) is 0.148. The number of benzene rings is 2. The maximum Gasteiger partial charge on any atom is 0.259 e. The van der Waals surface area contributed by atoms with Gasteiger partial charge >= 0.3 is 0 Å². The molecular formula is C22H19N3O3. The third kappa shape index (κ3) is 3.32. The number of carbonyl (C=O) groups is 2. The van der Waals surface area contributed by atoms with Crippen LogP contribution in [0.2, 0.25) is 0 Å². The Kier molecular flexibility index (Phi) is 4.76. The van der Waals surface area contributed by atoms with E-state index in [1.54, 1.807) is 47.6 Å². The van der Waals surface area contributed by atoms with E-state index in [1.807, 2.05) is 24.3 Å². The van der Waals surface area contributed by atoms with Crippen LogP contribution in [0, 0.1) is 0 Å². The van der Waals surface area contributed by atoms with Crippen LogP contribution in [0.1, 0.15) is 26.3 Å². The molecule has 0 aliphatic carbocycles. The number of rotatable bonds is 4. The smallest absolute Gasteiger partial charge is 0.259 e. The van der Waals surface area contributed by atoms with Crippen LogP contribution in [0.4, 0.5) is 11.4 Å². The van der Waals surface area contributed by atoms with E-state index in [9.17, 15) is 9.59 Å². The summed E-state index contributed by atoms with van der Waals surface area (Å²) in [5.41, 5.74) is 3.51. The molecule has 0 saturated carbocycles. The number of nitrogens with zero attached hydrogens (tertiary/aromatic N) is 2. The van der Waals surface area contributed by atoms with Crippen LogP contribution in [0.5, 0.6) is 5.75 Å². The topological polar surface area (TPSA) is 71.5 Å². The van der Waals surface area contributed by atoms with Crippen LogP contribution in [-0.4, -0.2) is 30.5 Å². The minimum atomic E-state index is -0.263. The van der Waals surface area contributed by atoms with Gasteiger partial charge in [0.25, 0.3) is 11.8 Å². The highest BCUT2D eigenvalue weighted by Gasteiger charge is 2.26. The maximum absolute atomic E-state index is 12.8. The van der Waals surface area contributed by atoms with Crippen molar-refractivity contribution in [2.75, 3.05) is 23.9 Å². The van der Waals surface area contributed by atoms with Gasteiger partial charge in [0.1, 0.15) is 5.75 Å². The average Bonchev–Trinajstić information content (AvgIpc) is 3.17. The Morgan fingerprint density at radius 2 is 1.96 bits per heavy atom. The van der Waals surface area contributed by atoms with E-state index in [1.165, 1.54) is 7.11 Å². The number of fused-ring (bicyclic) bond motifs is 1. The number of hydrogen-bond acceptors (Lipinski definition) is 4. The largest absolute Gasteiger partial charge is 0.496 e. The van der Waals surface area contributed by atoms with Crippen molar-refractivity contribution in [2.45, 2.75) is 6.42 Å². The summed E-state index contributed by atoms with van der Waals surface area (Å²) in [6, 6.07) is 16.2. The van der Waals surface area contributed by atoms with Gasteiger partial charge < -0.3 is 15.0 Å². The van der Waals surface area contributed by atoms with Gasteiger partial charge in [-0.15, -0.1) is 0 Å². The number of amides is 2. The van der Waals surface area contributed by atoms with Gasteiger partial charge in [0.2, 0.25) is 0 Å². The van der Waals surface area contributed by atoms with E-state index in [0.29, 0.717) is 29.1 Å². The fraction of sp³-hybridized carbons (Fsp3) is 0.136. The number of para-hydroxylation sites is 1. The monoisotopic (exact) mass is 373 g/mol. The highest BCUT2D eigenvalue weighted by Crippen LogP contribution is 2.32. The highest BCUT2D eigenvalue weighted by atomic mass is 16.5. The third-order valence-corrected chi connectivity index (χ3v) is 4.74. The highest BCUT2D eigenvalue weighted by molar-refractivity contribution is 6.09. The molecular weight excluding hydrogens is 354 g/mol. The van der Waals surface area contributed by atoms with Gasteiger partial charge in [0, 0.05) is 30.3 Å². The number of hydrogen-bond donors (Lipinski definition) is 1. The van der Waals surface area contributed by atoms with Crippen molar-refractivity contribution in [1.29, 1.82) is 0 Å². The number of carbonyl (C=O) groups excluding carboxylic acids is 2. The minimum absolute atomic E-state index is 0.0972. The van der Waals surface area contributed by atoms with Crippen molar-refractivity contribution in [3.05, 3.63) is 83.7 Å². The summed E-state index contributed by atoms with van der Waals surface area (Å²) in [7, 11) is 1.53. The second kappa shape index (κ2) is 7.52. The Hall–Kier alpha value is -3.67. The molecule has 1 N–H and O–H groups in total. The number of nitrogens with one attached hydrogen (secondary N) is 1. The lowest BCUT2D eigenvalue weighted by atomic mass is 10.1. The minimum Gasteiger partial charge on any atom is -0.496 e. The molecule has 28 heavy (non-hydrogen) atoms. The summed E-state index contributed by atoms with van der Waals surface area (Å²) in [4.78, 5) is 31.2. The summed E-state index contributed by atoms with van der Waals surface area (Å²) in [6.45, 7) is 0.604. The van der Waals surface area contributed by atoms with E-state index in [4.69, 9.17) is 4.74 Å². The molecule has 0 bridgehead atoms. The Labute approximate surface area is 162 Å². The Morgan fingerprint density at radius 1 is 1.11 bits per heavy atom. The second-order valence-corrected chi connectivity index (χ2v) is 6.45. The van der Waals surface area contributed by atoms with E-state index in [0.717, 1.165) is 17.7 Å². The first-order valence-electron chi connectivity index (χ1n) is 8.96. The first kappa shape index (κ1) is 17.7. The molecule has 2 amide bonds. The zero-order valence-electron chi connectivity index (χ0n) is 15.4. The Balaban J connectivity index is 1.59. The molecule has 3 aromatic rings. The van der Waals surface area contributed by atoms with E-state index < -0.39 is 0 Å². The number of methoxy groups -OCH3 is 1. The lowest BCUT2D eigenvalue weighted by Crippen LogP contribution is -2.29. The fourth-order valence-electron chi connectivity index (χ4n) is 3.34. The van der Waals surface area contributed by atoms with Gasteiger partial charge in [-0.1, -0.05) is 18.2 Å². The van der Waals surface area contributed by atoms with Crippen LogP contribution in [-0.2, 0) is 6.42 Å². The predicted octanol–water partition coefficient (Wildman–Crippen LogP) is 3.55.